The summed E-state index contributed by atoms with van der Waals surface area (Å²) < 4.78 is 0. The molecule has 4 heteroatoms. The van der Waals surface area contributed by atoms with Crippen molar-refractivity contribution in [1.82, 2.24) is 0 Å². The number of nitrogens with one attached hydrogen (secondary N) is 1. The molecule has 0 saturated heterocycles. The van der Waals surface area contributed by atoms with E-state index < -0.39 is 0 Å². The van der Waals surface area contributed by atoms with Gasteiger partial charge in [-0.2, -0.15) is 0 Å². The molecule has 1 aromatic heterocycles. The highest BCUT2D eigenvalue weighted by atomic mass is 32.1. The van der Waals surface area contributed by atoms with E-state index in [2.05, 4.69) is 12.2 Å². The lowest BCUT2D eigenvalue weighted by Gasteiger charge is -2.11. The van der Waals surface area contributed by atoms with E-state index in [-0.39, 0.29) is 11.9 Å². The fourth-order valence-corrected chi connectivity index (χ4v) is 3.79. The molecule has 3 N–H and O–H groups in total. The van der Waals surface area contributed by atoms with Gasteiger partial charge in [-0.05, 0) is 50.2 Å². The average Bonchev–Trinajstić information content (AvgIpc) is 2.67. The Labute approximate surface area is 113 Å². The molecule has 18 heavy (non-hydrogen) atoms. The highest BCUT2D eigenvalue weighted by molar-refractivity contribution is 7.16. The lowest BCUT2D eigenvalue weighted by Crippen LogP contribution is -2.35. The van der Waals surface area contributed by atoms with Crippen molar-refractivity contribution in [2.45, 2.75) is 58.4 Å². The van der Waals surface area contributed by atoms with Gasteiger partial charge in [0, 0.05) is 4.88 Å². The molecule has 0 saturated carbocycles. The summed E-state index contributed by atoms with van der Waals surface area (Å²) in [6.07, 6.45) is 6.56. The standard InChI is InChI=1S/C14H22N2OS/c1-3-6-11(15)13(17)16-14-9(2)10-7-4-5-8-12(10)18-14/h11H,3-8,15H2,1-2H3,(H,16,17). The summed E-state index contributed by atoms with van der Waals surface area (Å²) in [5, 5.41) is 4.02. The molecular weight excluding hydrogens is 244 g/mol. The molecule has 1 aromatic rings. The molecule has 0 fully saturated rings. The van der Waals surface area contributed by atoms with Crippen LogP contribution in [0.15, 0.2) is 0 Å². The normalized spacial score (nSPS) is 16.2. The van der Waals surface area contributed by atoms with Gasteiger partial charge >= 0.3 is 0 Å². The smallest absolute Gasteiger partial charge is 0.241 e. The van der Waals surface area contributed by atoms with Crippen LogP contribution in [0.4, 0.5) is 5.00 Å². The van der Waals surface area contributed by atoms with Crippen LogP contribution < -0.4 is 11.1 Å². The average molecular weight is 266 g/mol. The zero-order chi connectivity index (χ0) is 13.1. The fourth-order valence-electron chi connectivity index (χ4n) is 2.49. The van der Waals surface area contributed by atoms with Gasteiger partial charge in [0.25, 0.3) is 0 Å². The first kappa shape index (κ1) is 13.6. The van der Waals surface area contributed by atoms with E-state index in [1.807, 2.05) is 6.92 Å². The second-order valence-corrected chi connectivity index (χ2v) is 6.15. The number of carbonyl (C=O) groups excluding carboxylic acids is 1. The molecule has 3 nitrogen and oxygen atoms in total. The van der Waals surface area contributed by atoms with Gasteiger partial charge in [-0.25, -0.2) is 0 Å². The maximum absolute atomic E-state index is 11.9. The molecule has 100 valence electrons. The minimum atomic E-state index is -0.381. The number of rotatable bonds is 4. The summed E-state index contributed by atoms with van der Waals surface area (Å²) in [6, 6.07) is -0.381. The molecule has 0 aromatic carbocycles. The number of fused-ring (bicyclic) bond motifs is 1. The summed E-state index contributed by atoms with van der Waals surface area (Å²) in [5.41, 5.74) is 8.56. The van der Waals surface area contributed by atoms with E-state index in [1.54, 1.807) is 11.3 Å². The third-order valence-electron chi connectivity index (χ3n) is 3.61. The maximum Gasteiger partial charge on any atom is 0.241 e. The van der Waals surface area contributed by atoms with Gasteiger partial charge in [-0.3, -0.25) is 4.79 Å². The summed E-state index contributed by atoms with van der Waals surface area (Å²) in [7, 11) is 0. The van der Waals surface area contributed by atoms with Crippen molar-refractivity contribution < 1.29 is 4.79 Å². The topological polar surface area (TPSA) is 55.1 Å². The molecular formula is C14H22N2OS. The van der Waals surface area contributed by atoms with Crippen molar-refractivity contribution in [2.75, 3.05) is 5.32 Å². The van der Waals surface area contributed by atoms with Gasteiger partial charge in [0.15, 0.2) is 0 Å². The first-order valence-electron chi connectivity index (χ1n) is 6.81. The predicted octanol–water partition coefficient (Wildman–Crippen LogP) is 3.00. The second-order valence-electron chi connectivity index (χ2n) is 5.05. The third-order valence-corrected chi connectivity index (χ3v) is 4.92. The van der Waals surface area contributed by atoms with Gasteiger partial charge in [0.05, 0.1) is 11.0 Å². The Morgan fingerprint density at radius 1 is 1.44 bits per heavy atom. The van der Waals surface area contributed by atoms with E-state index in [9.17, 15) is 4.79 Å². The molecule has 0 aliphatic heterocycles. The van der Waals surface area contributed by atoms with E-state index >= 15 is 0 Å². The van der Waals surface area contributed by atoms with Crippen LogP contribution in [0.25, 0.3) is 0 Å². The first-order valence-corrected chi connectivity index (χ1v) is 7.62. The molecule has 1 atom stereocenters. The van der Waals surface area contributed by atoms with Crippen LogP contribution in [0.1, 0.15) is 48.6 Å². The van der Waals surface area contributed by atoms with Crippen LogP contribution in [-0.2, 0) is 17.6 Å². The van der Waals surface area contributed by atoms with Crippen molar-refractivity contribution in [3.63, 3.8) is 0 Å². The Morgan fingerprint density at radius 3 is 2.83 bits per heavy atom. The van der Waals surface area contributed by atoms with Crippen molar-refractivity contribution in [2.24, 2.45) is 5.73 Å². The highest BCUT2D eigenvalue weighted by Crippen LogP contribution is 2.37. The Balaban J connectivity index is 2.10. The number of hydrogen-bond donors (Lipinski definition) is 2. The zero-order valence-electron chi connectivity index (χ0n) is 11.2. The van der Waals surface area contributed by atoms with Crippen LogP contribution >= 0.6 is 11.3 Å². The molecule has 2 rings (SSSR count). The number of aryl methyl sites for hydroxylation is 1. The third kappa shape index (κ3) is 2.75. The Morgan fingerprint density at radius 2 is 2.17 bits per heavy atom. The Bertz CT molecular complexity index is 439. The largest absolute Gasteiger partial charge is 0.320 e. The van der Waals surface area contributed by atoms with Crippen LogP contribution in [0.3, 0.4) is 0 Å². The summed E-state index contributed by atoms with van der Waals surface area (Å²) >= 11 is 1.74. The molecule has 1 aliphatic rings. The molecule has 1 amide bonds. The number of amides is 1. The molecule has 1 heterocycles. The van der Waals surface area contributed by atoms with Crippen LogP contribution in [0.5, 0.6) is 0 Å². The van der Waals surface area contributed by atoms with Crippen LogP contribution in [0, 0.1) is 6.92 Å². The Hall–Kier alpha value is -0.870. The first-order chi connectivity index (χ1) is 8.63. The predicted molar refractivity (Wildman–Crippen MR) is 77.2 cm³/mol. The Kier molecular flexibility index (Phi) is 4.40. The number of anilines is 1. The summed E-state index contributed by atoms with van der Waals surface area (Å²) in [5.74, 6) is -0.0430. The fraction of sp³-hybridized carbons (Fsp3) is 0.643. The molecule has 0 radical (unpaired) electrons. The van der Waals surface area contributed by atoms with Crippen molar-refractivity contribution in [1.29, 1.82) is 0 Å². The number of nitrogens with two attached hydrogens (primary N) is 1. The monoisotopic (exact) mass is 266 g/mol. The zero-order valence-corrected chi connectivity index (χ0v) is 12.0. The number of hydrogen-bond acceptors (Lipinski definition) is 3. The van der Waals surface area contributed by atoms with E-state index in [4.69, 9.17) is 5.73 Å². The lowest BCUT2D eigenvalue weighted by atomic mass is 9.96. The van der Waals surface area contributed by atoms with E-state index in [1.165, 1.54) is 28.8 Å². The van der Waals surface area contributed by atoms with E-state index in [0.717, 1.165) is 30.7 Å². The van der Waals surface area contributed by atoms with Crippen molar-refractivity contribution in [3.05, 3.63) is 16.0 Å². The summed E-state index contributed by atoms with van der Waals surface area (Å²) in [4.78, 5) is 13.4. The molecule has 1 unspecified atom stereocenters. The van der Waals surface area contributed by atoms with Gasteiger partial charge in [0.2, 0.25) is 5.91 Å². The molecule has 0 spiro atoms. The van der Waals surface area contributed by atoms with Crippen LogP contribution in [0.2, 0.25) is 0 Å². The van der Waals surface area contributed by atoms with Crippen molar-refractivity contribution >= 4 is 22.2 Å². The maximum atomic E-state index is 11.9. The minimum Gasteiger partial charge on any atom is -0.320 e. The van der Waals surface area contributed by atoms with E-state index in [0.29, 0.717) is 0 Å². The van der Waals surface area contributed by atoms with Crippen LogP contribution in [-0.4, -0.2) is 11.9 Å². The second kappa shape index (κ2) is 5.85. The molecule has 0 bridgehead atoms. The summed E-state index contributed by atoms with van der Waals surface area (Å²) in [6.45, 7) is 4.16. The highest BCUT2D eigenvalue weighted by Gasteiger charge is 2.20. The minimum absolute atomic E-state index is 0.0430. The SMILES string of the molecule is CCCC(N)C(=O)Nc1sc2c(c1C)CCCC2. The molecule has 1 aliphatic carbocycles. The number of thiophene rings is 1. The number of carbonyl (C=O) groups is 1. The quantitative estimate of drug-likeness (QED) is 0.880. The van der Waals surface area contributed by atoms with Gasteiger partial charge in [0.1, 0.15) is 0 Å². The van der Waals surface area contributed by atoms with Crippen molar-refractivity contribution in [3.8, 4) is 0 Å². The van der Waals surface area contributed by atoms with Gasteiger partial charge in [-0.1, -0.05) is 13.3 Å². The van der Waals surface area contributed by atoms with Gasteiger partial charge < -0.3 is 11.1 Å². The van der Waals surface area contributed by atoms with Gasteiger partial charge in [-0.15, -0.1) is 11.3 Å². The lowest BCUT2D eigenvalue weighted by molar-refractivity contribution is -0.117.